The number of thioether (sulfide) groups is 1. The summed E-state index contributed by atoms with van der Waals surface area (Å²) in [4.78, 5) is 1.14. The lowest BCUT2D eigenvalue weighted by Gasteiger charge is -2.25. The lowest BCUT2D eigenvalue weighted by molar-refractivity contribution is -0.141. The molecule has 0 amide bonds. The summed E-state index contributed by atoms with van der Waals surface area (Å²) < 4.78 is 39.7. The molecular formula is C17H19F3N2S. The second kappa shape index (κ2) is 6.23. The maximum Gasteiger partial charge on any atom is 0.435 e. The van der Waals surface area contributed by atoms with E-state index in [1.807, 2.05) is 25.1 Å². The van der Waals surface area contributed by atoms with Gasteiger partial charge in [-0.15, -0.1) is 11.8 Å². The molecular weight excluding hydrogens is 321 g/mol. The van der Waals surface area contributed by atoms with E-state index >= 15 is 0 Å². The molecule has 0 N–H and O–H groups in total. The largest absolute Gasteiger partial charge is 0.435 e. The molecule has 1 aliphatic carbocycles. The average molecular weight is 340 g/mol. The van der Waals surface area contributed by atoms with Crippen LogP contribution in [0.1, 0.15) is 30.5 Å². The predicted molar refractivity (Wildman–Crippen MR) is 86.4 cm³/mol. The number of hydrogen-bond acceptors (Lipinski definition) is 2. The van der Waals surface area contributed by atoms with Crippen LogP contribution in [-0.4, -0.2) is 15.5 Å². The van der Waals surface area contributed by atoms with Crippen LogP contribution in [0, 0.1) is 12.8 Å². The summed E-state index contributed by atoms with van der Waals surface area (Å²) in [5, 5.41) is 3.59. The fraction of sp³-hybridized carbons (Fsp3) is 0.471. The van der Waals surface area contributed by atoms with Crippen LogP contribution in [0.25, 0.3) is 11.3 Å². The molecule has 0 unspecified atom stereocenters. The Labute approximate surface area is 138 Å². The van der Waals surface area contributed by atoms with Crippen molar-refractivity contribution < 1.29 is 13.2 Å². The summed E-state index contributed by atoms with van der Waals surface area (Å²) in [5.41, 5.74) is 1.58. The van der Waals surface area contributed by atoms with Gasteiger partial charge in [0.1, 0.15) is 0 Å². The number of aromatic nitrogens is 2. The van der Waals surface area contributed by atoms with Gasteiger partial charge in [-0.05, 0) is 43.4 Å². The Kier molecular flexibility index (Phi) is 4.45. The predicted octanol–water partition coefficient (Wildman–Crippen LogP) is 5.31. The zero-order valence-electron chi connectivity index (χ0n) is 13.2. The van der Waals surface area contributed by atoms with Crippen molar-refractivity contribution >= 4 is 11.8 Å². The van der Waals surface area contributed by atoms with Crippen molar-refractivity contribution in [2.75, 3.05) is 5.75 Å². The van der Waals surface area contributed by atoms with Gasteiger partial charge in [-0.1, -0.05) is 18.6 Å². The maximum atomic E-state index is 12.8. The summed E-state index contributed by atoms with van der Waals surface area (Å²) >= 11 is 1.81. The quantitative estimate of drug-likeness (QED) is 0.702. The molecule has 1 aliphatic rings. The normalized spacial score (nSPS) is 15.7. The van der Waals surface area contributed by atoms with Gasteiger partial charge >= 0.3 is 6.18 Å². The summed E-state index contributed by atoms with van der Waals surface area (Å²) in [6.45, 7) is 2.04. The monoisotopic (exact) mass is 340 g/mol. The first-order valence-electron chi connectivity index (χ1n) is 7.69. The Balaban J connectivity index is 1.86. The number of benzene rings is 1. The molecule has 23 heavy (non-hydrogen) atoms. The number of alkyl halides is 3. The summed E-state index contributed by atoms with van der Waals surface area (Å²) in [6.07, 6.45) is -0.507. The number of hydrogen-bond donors (Lipinski definition) is 0. The van der Waals surface area contributed by atoms with Gasteiger partial charge in [-0.3, -0.25) is 4.68 Å². The molecule has 0 aliphatic heterocycles. The minimum Gasteiger partial charge on any atom is -0.267 e. The van der Waals surface area contributed by atoms with Gasteiger partial charge in [0, 0.05) is 23.3 Å². The molecule has 0 radical (unpaired) electrons. The smallest absolute Gasteiger partial charge is 0.267 e. The molecule has 1 fully saturated rings. The van der Waals surface area contributed by atoms with Crippen molar-refractivity contribution in [1.29, 1.82) is 0 Å². The molecule has 2 nitrogen and oxygen atoms in total. The fourth-order valence-corrected chi connectivity index (χ4v) is 3.91. The average Bonchev–Trinajstić information content (AvgIpc) is 2.81. The third-order valence-corrected chi connectivity index (χ3v) is 5.74. The minimum atomic E-state index is -4.41. The Hall–Kier alpha value is -1.43. The number of rotatable bonds is 4. The number of nitrogens with zero attached hydrogens (tertiary/aromatic N) is 2. The van der Waals surface area contributed by atoms with E-state index in [9.17, 15) is 13.2 Å². The van der Waals surface area contributed by atoms with Gasteiger partial charge < -0.3 is 0 Å². The molecule has 1 saturated carbocycles. The van der Waals surface area contributed by atoms with Crippen LogP contribution in [0.15, 0.2) is 29.2 Å². The van der Waals surface area contributed by atoms with Crippen LogP contribution >= 0.6 is 11.8 Å². The third-order valence-electron chi connectivity index (χ3n) is 4.35. The molecule has 2 aromatic rings. The fourth-order valence-electron chi connectivity index (χ4n) is 2.66. The van der Waals surface area contributed by atoms with Crippen molar-refractivity contribution in [2.45, 2.75) is 37.3 Å². The zero-order valence-corrected chi connectivity index (χ0v) is 14.0. The molecule has 0 spiro atoms. The summed E-state index contributed by atoms with van der Waals surface area (Å²) in [5.74, 6) is 1.88. The molecule has 6 heteroatoms. The van der Waals surface area contributed by atoms with E-state index in [4.69, 9.17) is 0 Å². The molecule has 124 valence electrons. The minimum absolute atomic E-state index is 0.489. The highest BCUT2D eigenvalue weighted by Gasteiger charge is 2.34. The zero-order chi connectivity index (χ0) is 16.6. The standard InChI is InChI=1S/C17H19F3N2S/c1-11-6-7-13(8-15(11)23-10-12-4-3-5-12)14-9-16(17(18,19)20)21-22(14)2/h6-9,12H,3-5,10H2,1-2H3. The molecule has 0 atom stereocenters. The molecule has 3 rings (SSSR count). The van der Waals surface area contributed by atoms with Gasteiger partial charge in [-0.2, -0.15) is 18.3 Å². The topological polar surface area (TPSA) is 17.8 Å². The highest BCUT2D eigenvalue weighted by Crippen LogP contribution is 2.36. The van der Waals surface area contributed by atoms with Crippen LogP contribution < -0.4 is 0 Å². The van der Waals surface area contributed by atoms with E-state index in [0.717, 1.165) is 33.8 Å². The molecule has 0 saturated heterocycles. The first kappa shape index (κ1) is 16.4. The van der Waals surface area contributed by atoms with E-state index in [-0.39, 0.29) is 0 Å². The van der Waals surface area contributed by atoms with E-state index in [0.29, 0.717) is 5.69 Å². The molecule has 0 bridgehead atoms. The Morgan fingerprint density at radius 3 is 2.57 bits per heavy atom. The van der Waals surface area contributed by atoms with Gasteiger partial charge in [0.05, 0.1) is 5.69 Å². The summed E-state index contributed by atoms with van der Waals surface area (Å²) in [7, 11) is 1.55. The maximum absolute atomic E-state index is 12.8. The number of halogens is 3. The number of aryl methyl sites for hydroxylation is 2. The third kappa shape index (κ3) is 3.57. The van der Waals surface area contributed by atoms with Crippen LogP contribution in [0.4, 0.5) is 13.2 Å². The van der Waals surface area contributed by atoms with E-state index < -0.39 is 11.9 Å². The first-order chi connectivity index (χ1) is 10.8. The van der Waals surface area contributed by atoms with Gasteiger partial charge in [0.15, 0.2) is 5.69 Å². The second-order valence-electron chi connectivity index (χ2n) is 6.12. The Morgan fingerprint density at radius 1 is 1.26 bits per heavy atom. The first-order valence-corrected chi connectivity index (χ1v) is 8.68. The van der Waals surface area contributed by atoms with E-state index in [2.05, 4.69) is 5.10 Å². The highest BCUT2D eigenvalue weighted by molar-refractivity contribution is 7.99. The van der Waals surface area contributed by atoms with Crippen molar-refractivity contribution in [2.24, 2.45) is 13.0 Å². The van der Waals surface area contributed by atoms with E-state index in [1.165, 1.54) is 23.9 Å². The van der Waals surface area contributed by atoms with E-state index in [1.54, 1.807) is 18.8 Å². The van der Waals surface area contributed by atoms with Crippen molar-refractivity contribution in [1.82, 2.24) is 9.78 Å². The lowest BCUT2D eigenvalue weighted by atomic mass is 9.87. The summed E-state index contributed by atoms with van der Waals surface area (Å²) in [6, 6.07) is 6.93. The lowest BCUT2D eigenvalue weighted by Crippen LogP contribution is -2.13. The second-order valence-corrected chi connectivity index (χ2v) is 7.19. The van der Waals surface area contributed by atoms with Crippen LogP contribution in [0.3, 0.4) is 0 Å². The van der Waals surface area contributed by atoms with Crippen LogP contribution in [-0.2, 0) is 13.2 Å². The Morgan fingerprint density at radius 2 is 2.00 bits per heavy atom. The van der Waals surface area contributed by atoms with Crippen molar-refractivity contribution in [3.63, 3.8) is 0 Å². The Bertz CT molecular complexity index is 702. The van der Waals surface area contributed by atoms with Crippen LogP contribution in [0.5, 0.6) is 0 Å². The molecule has 1 aromatic carbocycles. The van der Waals surface area contributed by atoms with Gasteiger partial charge in [0.25, 0.3) is 0 Å². The van der Waals surface area contributed by atoms with Crippen molar-refractivity contribution in [3.8, 4) is 11.3 Å². The highest BCUT2D eigenvalue weighted by atomic mass is 32.2. The SMILES string of the molecule is Cc1ccc(-c2cc(C(F)(F)F)nn2C)cc1SCC1CCC1. The molecule has 1 heterocycles. The van der Waals surface area contributed by atoms with Crippen LogP contribution in [0.2, 0.25) is 0 Å². The van der Waals surface area contributed by atoms with Gasteiger partial charge in [-0.25, -0.2) is 0 Å². The molecule has 1 aromatic heterocycles. The van der Waals surface area contributed by atoms with Gasteiger partial charge in [0.2, 0.25) is 0 Å². The van der Waals surface area contributed by atoms with Crippen molar-refractivity contribution in [3.05, 3.63) is 35.5 Å².